The molecule has 0 saturated carbocycles. The lowest BCUT2D eigenvalue weighted by Gasteiger charge is -2.17. The second kappa shape index (κ2) is 7.69. The Hall–Kier alpha value is -1.01. The number of carboxylic acid groups (broad SMARTS) is 1. The van der Waals surface area contributed by atoms with Gasteiger partial charge in [0.15, 0.2) is 0 Å². The van der Waals surface area contributed by atoms with Gasteiger partial charge in [-0.1, -0.05) is 25.4 Å². The maximum atomic E-state index is 12.3. The van der Waals surface area contributed by atoms with E-state index in [0.29, 0.717) is 10.6 Å². The molecule has 1 N–H and O–H groups in total. The average molecular weight is 325 g/mol. The number of ether oxygens (including phenoxy) is 1. The highest BCUT2D eigenvalue weighted by atomic mass is 35.5. The van der Waals surface area contributed by atoms with Crippen LogP contribution in [0.2, 0.25) is 5.02 Å². The zero-order valence-electron chi connectivity index (χ0n) is 11.0. The fourth-order valence-electron chi connectivity index (χ4n) is 1.60. The number of hydrogen-bond donors (Lipinski definition) is 1. The Morgan fingerprint density at radius 3 is 2.60 bits per heavy atom. The summed E-state index contributed by atoms with van der Waals surface area (Å²) in [5.74, 6) is -0.748. The molecule has 0 radical (unpaired) electrons. The molecule has 112 valence electrons. The Morgan fingerprint density at radius 1 is 1.45 bits per heavy atom. The normalized spacial score (nSPS) is 12.8. The molecule has 0 heterocycles. The lowest BCUT2D eigenvalue weighted by atomic mass is 10.1. The van der Waals surface area contributed by atoms with E-state index in [9.17, 15) is 13.6 Å². The SMILES string of the molecule is CC(C)C(SCc1cc(Cl)ccc1OC(F)F)C(=O)O. The predicted octanol–water partition coefficient (Wildman–Crippen LogP) is 4.28. The zero-order valence-corrected chi connectivity index (χ0v) is 12.5. The van der Waals surface area contributed by atoms with Crippen molar-refractivity contribution in [3.63, 3.8) is 0 Å². The van der Waals surface area contributed by atoms with Gasteiger partial charge in [0.2, 0.25) is 0 Å². The fourth-order valence-corrected chi connectivity index (χ4v) is 2.91. The molecule has 0 aliphatic carbocycles. The van der Waals surface area contributed by atoms with Gasteiger partial charge in [0.05, 0.1) is 0 Å². The van der Waals surface area contributed by atoms with Crippen molar-refractivity contribution < 1.29 is 23.4 Å². The highest BCUT2D eigenvalue weighted by Gasteiger charge is 2.22. The van der Waals surface area contributed by atoms with Gasteiger partial charge in [-0.15, -0.1) is 11.8 Å². The molecule has 0 saturated heterocycles. The maximum absolute atomic E-state index is 12.3. The van der Waals surface area contributed by atoms with Crippen LogP contribution >= 0.6 is 23.4 Å². The van der Waals surface area contributed by atoms with E-state index in [4.69, 9.17) is 16.7 Å². The molecule has 3 nitrogen and oxygen atoms in total. The van der Waals surface area contributed by atoms with E-state index >= 15 is 0 Å². The molecular formula is C13H15ClF2O3S. The molecular weight excluding hydrogens is 310 g/mol. The second-order valence-electron chi connectivity index (χ2n) is 4.44. The molecule has 0 aromatic heterocycles. The summed E-state index contributed by atoms with van der Waals surface area (Å²) >= 11 is 6.98. The van der Waals surface area contributed by atoms with Crippen LogP contribution in [-0.2, 0) is 10.5 Å². The first kappa shape index (κ1) is 17.0. The van der Waals surface area contributed by atoms with E-state index < -0.39 is 17.8 Å². The minimum Gasteiger partial charge on any atom is -0.480 e. The lowest BCUT2D eigenvalue weighted by molar-refractivity contribution is -0.137. The van der Waals surface area contributed by atoms with Gasteiger partial charge in [-0.05, 0) is 24.1 Å². The number of hydrogen-bond acceptors (Lipinski definition) is 3. The topological polar surface area (TPSA) is 46.5 Å². The van der Waals surface area contributed by atoms with Crippen molar-refractivity contribution in [1.82, 2.24) is 0 Å². The minimum atomic E-state index is -2.93. The van der Waals surface area contributed by atoms with Crippen LogP contribution in [0.4, 0.5) is 8.78 Å². The van der Waals surface area contributed by atoms with E-state index in [1.807, 2.05) is 0 Å². The van der Waals surface area contributed by atoms with Crippen LogP contribution in [-0.4, -0.2) is 22.9 Å². The number of thioether (sulfide) groups is 1. The van der Waals surface area contributed by atoms with Crippen molar-refractivity contribution >= 4 is 29.3 Å². The van der Waals surface area contributed by atoms with Gasteiger partial charge in [-0.3, -0.25) is 4.79 Å². The molecule has 1 aromatic rings. The van der Waals surface area contributed by atoms with Crippen molar-refractivity contribution in [2.45, 2.75) is 31.5 Å². The molecule has 0 aliphatic heterocycles. The monoisotopic (exact) mass is 324 g/mol. The third-order valence-electron chi connectivity index (χ3n) is 2.51. The molecule has 0 amide bonds. The third-order valence-corrected chi connectivity index (χ3v) is 4.32. The molecule has 20 heavy (non-hydrogen) atoms. The van der Waals surface area contributed by atoms with Crippen molar-refractivity contribution in [1.29, 1.82) is 0 Å². The molecule has 0 aliphatic rings. The Balaban J connectivity index is 2.84. The third kappa shape index (κ3) is 5.17. The first-order valence-electron chi connectivity index (χ1n) is 5.89. The van der Waals surface area contributed by atoms with Crippen LogP contribution in [0, 0.1) is 5.92 Å². The van der Waals surface area contributed by atoms with Gasteiger partial charge in [0, 0.05) is 16.3 Å². The first-order chi connectivity index (χ1) is 9.31. The Morgan fingerprint density at radius 2 is 2.10 bits per heavy atom. The van der Waals surface area contributed by atoms with Crippen LogP contribution in [0.5, 0.6) is 5.75 Å². The largest absolute Gasteiger partial charge is 0.480 e. The molecule has 0 spiro atoms. The van der Waals surface area contributed by atoms with Crippen LogP contribution in [0.25, 0.3) is 0 Å². The molecule has 1 unspecified atom stereocenters. The Kier molecular flexibility index (Phi) is 6.55. The molecule has 1 aromatic carbocycles. The molecule has 1 rings (SSSR count). The lowest BCUT2D eigenvalue weighted by Crippen LogP contribution is -2.22. The Labute approximate surface area is 125 Å². The van der Waals surface area contributed by atoms with E-state index in [2.05, 4.69) is 4.74 Å². The Bertz CT molecular complexity index is 469. The number of benzene rings is 1. The van der Waals surface area contributed by atoms with E-state index in [1.165, 1.54) is 18.2 Å². The number of carboxylic acids is 1. The maximum Gasteiger partial charge on any atom is 0.387 e. The highest BCUT2D eigenvalue weighted by molar-refractivity contribution is 7.99. The van der Waals surface area contributed by atoms with Crippen LogP contribution in [0.15, 0.2) is 18.2 Å². The summed E-state index contributed by atoms with van der Waals surface area (Å²) in [5, 5.41) is 8.86. The van der Waals surface area contributed by atoms with E-state index in [1.54, 1.807) is 13.8 Å². The number of halogens is 3. The zero-order chi connectivity index (χ0) is 15.3. The number of alkyl halides is 2. The summed E-state index contributed by atoms with van der Waals surface area (Å²) in [6.07, 6.45) is 0. The average Bonchev–Trinajstić information content (AvgIpc) is 2.31. The fraction of sp³-hybridized carbons (Fsp3) is 0.462. The van der Waals surface area contributed by atoms with Crippen molar-refractivity contribution in [2.24, 2.45) is 5.92 Å². The summed E-state index contributed by atoms with van der Waals surface area (Å²) in [6.45, 7) is 0.654. The summed E-state index contributed by atoms with van der Waals surface area (Å²) in [6, 6.07) is 4.31. The summed E-state index contributed by atoms with van der Waals surface area (Å²) in [5.41, 5.74) is 0.453. The summed E-state index contributed by atoms with van der Waals surface area (Å²) in [4.78, 5) is 11.1. The number of aliphatic carboxylic acids is 1. The van der Waals surface area contributed by atoms with Gasteiger partial charge in [0.1, 0.15) is 11.0 Å². The predicted molar refractivity (Wildman–Crippen MR) is 75.6 cm³/mol. The molecule has 1 atom stereocenters. The van der Waals surface area contributed by atoms with Gasteiger partial charge in [-0.2, -0.15) is 8.78 Å². The van der Waals surface area contributed by atoms with Gasteiger partial charge < -0.3 is 9.84 Å². The van der Waals surface area contributed by atoms with E-state index in [-0.39, 0.29) is 17.4 Å². The van der Waals surface area contributed by atoms with Crippen molar-refractivity contribution in [2.75, 3.05) is 0 Å². The number of rotatable bonds is 7. The van der Waals surface area contributed by atoms with Gasteiger partial charge >= 0.3 is 12.6 Å². The quantitative estimate of drug-likeness (QED) is 0.813. The highest BCUT2D eigenvalue weighted by Crippen LogP contribution is 2.31. The van der Waals surface area contributed by atoms with Crippen LogP contribution in [0.3, 0.4) is 0 Å². The molecule has 0 bridgehead atoms. The summed E-state index contributed by atoms with van der Waals surface area (Å²) < 4.78 is 29.0. The van der Waals surface area contributed by atoms with Crippen LogP contribution < -0.4 is 4.74 Å². The first-order valence-corrected chi connectivity index (χ1v) is 7.31. The van der Waals surface area contributed by atoms with E-state index in [0.717, 1.165) is 11.8 Å². The second-order valence-corrected chi connectivity index (χ2v) is 6.01. The standard InChI is InChI=1S/C13H15ClF2O3S/c1-7(2)11(12(17)18)20-6-8-5-9(14)3-4-10(8)19-13(15)16/h3-5,7,11,13H,6H2,1-2H3,(H,17,18). The van der Waals surface area contributed by atoms with Crippen molar-refractivity contribution in [3.8, 4) is 5.75 Å². The molecule has 7 heteroatoms. The summed E-state index contributed by atoms with van der Waals surface area (Å²) in [7, 11) is 0. The van der Waals surface area contributed by atoms with Gasteiger partial charge in [-0.25, -0.2) is 0 Å². The molecule has 0 fully saturated rings. The number of carbonyl (C=O) groups is 1. The van der Waals surface area contributed by atoms with Crippen LogP contribution in [0.1, 0.15) is 19.4 Å². The van der Waals surface area contributed by atoms with Crippen molar-refractivity contribution in [3.05, 3.63) is 28.8 Å². The van der Waals surface area contributed by atoms with Gasteiger partial charge in [0.25, 0.3) is 0 Å². The minimum absolute atomic E-state index is 0.0183. The smallest absolute Gasteiger partial charge is 0.387 e.